The number of rotatable bonds is 7. The van der Waals surface area contributed by atoms with Crippen molar-refractivity contribution in [3.63, 3.8) is 0 Å². The zero-order chi connectivity index (χ0) is 16.7. The van der Waals surface area contributed by atoms with Gasteiger partial charge < -0.3 is 15.8 Å². The monoisotopic (exact) mass is 306 g/mol. The van der Waals surface area contributed by atoms with E-state index in [4.69, 9.17) is 10.5 Å². The van der Waals surface area contributed by atoms with Crippen LogP contribution in [0.25, 0.3) is 0 Å². The fraction of sp³-hybridized carbons (Fsp3) is 0.529. The first kappa shape index (κ1) is 18.2. The van der Waals surface area contributed by atoms with Crippen molar-refractivity contribution < 1.29 is 14.3 Å². The maximum atomic E-state index is 11.9. The van der Waals surface area contributed by atoms with Crippen molar-refractivity contribution >= 4 is 17.6 Å². The largest absolute Gasteiger partial charge is 0.461 e. The minimum Gasteiger partial charge on any atom is -0.461 e. The van der Waals surface area contributed by atoms with E-state index in [9.17, 15) is 9.59 Å². The first-order valence-electron chi connectivity index (χ1n) is 7.61. The summed E-state index contributed by atoms with van der Waals surface area (Å²) in [5.74, 6) is -0.176. The molecule has 5 heteroatoms. The fourth-order valence-electron chi connectivity index (χ4n) is 1.86. The summed E-state index contributed by atoms with van der Waals surface area (Å²) in [4.78, 5) is 23.3. The van der Waals surface area contributed by atoms with Crippen molar-refractivity contribution in [1.29, 1.82) is 0 Å². The van der Waals surface area contributed by atoms with Gasteiger partial charge in [-0.25, -0.2) is 0 Å². The van der Waals surface area contributed by atoms with Crippen molar-refractivity contribution in [1.82, 2.24) is 0 Å². The van der Waals surface area contributed by atoms with E-state index in [0.29, 0.717) is 18.0 Å². The van der Waals surface area contributed by atoms with Gasteiger partial charge in [-0.15, -0.1) is 0 Å². The number of carbonyl (C=O) groups is 2. The number of esters is 1. The van der Waals surface area contributed by atoms with Gasteiger partial charge in [-0.05, 0) is 30.0 Å². The molecule has 0 aliphatic heterocycles. The lowest BCUT2D eigenvalue weighted by Crippen LogP contribution is -2.36. The molecule has 0 saturated carbocycles. The normalized spacial score (nSPS) is 12.3. The van der Waals surface area contributed by atoms with E-state index in [2.05, 4.69) is 5.32 Å². The van der Waals surface area contributed by atoms with Crippen LogP contribution >= 0.6 is 0 Å². The van der Waals surface area contributed by atoms with Crippen LogP contribution in [0.4, 0.5) is 5.69 Å². The molecule has 1 aromatic rings. The number of hydrogen-bond donors (Lipinski definition) is 2. The molecule has 0 fully saturated rings. The predicted molar refractivity (Wildman–Crippen MR) is 87.1 cm³/mol. The first-order valence-corrected chi connectivity index (χ1v) is 7.61. The van der Waals surface area contributed by atoms with E-state index in [1.165, 1.54) is 0 Å². The lowest BCUT2D eigenvalue weighted by molar-refractivity contribution is -0.148. The Morgan fingerprint density at radius 2 is 1.73 bits per heavy atom. The Morgan fingerprint density at radius 1 is 1.14 bits per heavy atom. The van der Waals surface area contributed by atoms with Crippen LogP contribution in [0.5, 0.6) is 0 Å². The van der Waals surface area contributed by atoms with Crippen LogP contribution in [-0.2, 0) is 20.9 Å². The molecule has 0 aromatic heterocycles. The zero-order valence-corrected chi connectivity index (χ0v) is 13.8. The number of ether oxygens (including phenoxy) is 1. The second kappa shape index (κ2) is 8.54. The predicted octanol–water partition coefficient (Wildman–Crippen LogP) is 2.70. The molecule has 0 saturated heterocycles. The van der Waals surface area contributed by atoms with E-state index in [-0.39, 0.29) is 24.4 Å². The molecule has 22 heavy (non-hydrogen) atoms. The molecular weight excluding hydrogens is 280 g/mol. The number of nitrogens with one attached hydrogen (secondary N) is 1. The van der Waals surface area contributed by atoms with Crippen molar-refractivity contribution in [3.05, 3.63) is 29.8 Å². The quantitative estimate of drug-likeness (QED) is 0.759. The number of benzene rings is 1. The molecule has 1 amide bonds. The van der Waals surface area contributed by atoms with E-state index < -0.39 is 6.04 Å². The lowest BCUT2D eigenvalue weighted by atomic mass is 10.0. The number of hydrogen-bond acceptors (Lipinski definition) is 4. The van der Waals surface area contributed by atoms with Crippen molar-refractivity contribution in [2.24, 2.45) is 17.6 Å². The number of amides is 1. The highest BCUT2D eigenvalue weighted by atomic mass is 16.5. The minimum absolute atomic E-state index is 0.138. The van der Waals surface area contributed by atoms with Gasteiger partial charge in [0.2, 0.25) is 5.91 Å². The summed E-state index contributed by atoms with van der Waals surface area (Å²) in [6, 6.07) is 6.68. The number of anilines is 1. The Morgan fingerprint density at radius 3 is 2.23 bits per heavy atom. The minimum atomic E-state index is -0.508. The van der Waals surface area contributed by atoms with E-state index in [1.807, 2.05) is 26.0 Å². The van der Waals surface area contributed by atoms with Crippen LogP contribution < -0.4 is 11.1 Å². The smallest absolute Gasteiger partial charge is 0.308 e. The third kappa shape index (κ3) is 6.26. The maximum Gasteiger partial charge on any atom is 0.308 e. The molecule has 0 aliphatic carbocycles. The van der Waals surface area contributed by atoms with Gasteiger partial charge in [0.25, 0.3) is 0 Å². The molecular formula is C17H26N2O3. The zero-order valence-electron chi connectivity index (χ0n) is 13.8. The van der Waals surface area contributed by atoms with Crippen molar-refractivity contribution in [3.8, 4) is 0 Å². The van der Waals surface area contributed by atoms with E-state index in [1.54, 1.807) is 26.0 Å². The highest BCUT2D eigenvalue weighted by molar-refractivity contribution is 5.94. The van der Waals surface area contributed by atoms with Crippen LogP contribution in [-0.4, -0.2) is 17.9 Å². The third-order valence-electron chi connectivity index (χ3n) is 3.14. The molecule has 0 spiro atoms. The molecule has 122 valence electrons. The van der Waals surface area contributed by atoms with E-state index >= 15 is 0 Å². The first-order chi connectivity index (χ1) is 10.3. The van der Waals surface area contributed by atoms with Gasteiger partial charge in [0.15, 0.2) is 0 Å². The Bertz CT molecular complexity index is 495. The SMILES string of the molecule is CC(C)C[C@H](N)C(=O)Nc1ccc(COC(=O)C(C)C)cc1. The molecule has 3 N–H and O–H groups in total. The topological polar surface area (TPSA) is 81.4 Å². The fourth-order valence-corrected chi connectivity index (χ4v) is 1.86. The van der Waals surface area contributed by atoms with Crippen LogP contribution in [0.2, 0.25) is 0 Å². The van der Waals surface area contributed by atoms with Gasteiger partial charge in [0.05, 0.1) is 12.0 Å². The van der Waals surface area contributed by atoms with Crippen LogP contribution in [0.15, 0.2) is 24.3 Å². The summed E-state index contributed by atoms with van der Waals surface area (Å²) in [5.41, 5.74) is 7.39. The Labute approximate surface area is 132 Å². The second-order valence-corrected chi connectivity index (χ2v) is 6.18. The second-order valence-electron chi connectivity index (χ2n) is 6.18. The highest BCUT2D eigenvalue weighted by Crippen LogP contribution is 2.12. The Kier molecular flexibility index (Phi) is 7.05. The molecule has 0 radical (unpaired) electrons. The van der Waals surface area contributed by atoms with Gasteiger partial charge in [0, 0.05) is 5.69 Å². The summed E-state index contributed by atoms with van der Waals surface area (Å²) in [7, 11) is 0. The highest BCUT2D eigenvalue weighted by Gasteiger charge is 2.15. The van der Waals surface area contributed by atoms with Crippen LogP contribution in [0, 0.1) is 11.8 Å². The summed E-state index contributed by atoms with van der Waals surface area (Å²) >= 11 is 0. The van der Waals surface area contributed by atoms with Crippen LogP contribution in [0.1, 0.15) is 39.7 Å². The molecule has 0 bridgehead atoms. The summed E-state index contributed by atoms with van der Waals surface area (Å²) < 4.78 is 5.15. The molecule has 0 aliphatic rings. The lowest BCUT2D eigenvalue weighted by Gasteiger charge is -2.14. The molecule has 1 rings (SSSR count). The van der Waals surface area contributed by atoms with Crippen molar-refractivity contribution in [2.45, 2.75) is 46.8 Å². The van der Waals surface area contributed by atoms with Crippen molar-refractivity contribution in [2.75, 3.05) is 5.32 Å². The molecule has 5 nitrogen and oxygen atoms in total. The Hall–Kier alpha value is -1.88. The molecule has 0 heterocycles. The maximum absolute atomic E-state index is 11.9. The van der Waals surface area contributed by atoms with Gasteiger partial charge in [-0.2, -0.15) is 0 Å². The average Bonchev–Trinajstić information content (AvgIpc) is 2.45. The summed E-state index contributed by atoms with van der Waals surface area (Å²) in [6.45, 7) is 7.88. The van der Waals surface area contributed by atoms with Gasteiger partial charge in [-0.3, -0.25) is 9.59 Å². The Balaban J connectivity index is 2.51. The van der Waals surface area contributed by atoms with Crippen LogP contribution in [0.3, 0.4) is 0 Å². The standard InChI is InChI=1S/C17H26N2O3/c1-11(2)9-15(18)16(20)19-14-7-5-13(6-8-14)10-22-17(21)12(3)4/h5-8,11-12,15H,9-10,18H2,1-4H3,(H,19,20)/t15-/m0/s1. The van der Waals surface area contributed by atoms with Gasteiger partial charge in [-0.1, -0.05) is 39.8 Å². The number of carbonyl (C=O) groups excluding carboxylic acids is 2. The van der Waals surface area contributed by atoms with Gasteiger partial charge >= 0.3 is 5.97 Å². The summed E-state index contributed by atoms with van der Waals surface area (Å²) in [5, 5.41) is 2.79. The molecule has 0 unspecified atom stereocenters. The number of nitrogens with two attached hydrogens (primary N) is 1. The van der Waals surface area contributed by atoms with E-state index in [0.717, 1.165) is 5.56 Å². The summed E-state index contributed by atoms with van der Waals surface area (Å²) in [6.07, 6.45) is 0.648. The molecule has 1 atom stereocenters. The van der Waals surface area contributed by atoms with Gasteiger partial charge in [0.1, 0.15) is 6.61 Å². The third-order valence-corrected chi connectivity index (χ3v) is 3.14. The molecule has 1 aromatic carbocycles. The average molecular weight is 306 g/mol.